The molecule has 0 aliphatic rings. The Morgan fingerprint density at radius 1 is 1.42 bits per heavy atom. The van der Waals surface area contributed by atoms with Gasteiger partial charge in [0.05, 0.1) is 6.04 Å². The van der Waals surface area contributed by atoms with Crippen LogP contribution < -0.4 is 5.32 Å². The highest BCUT2D eigenvalue weighted by Gasteiger charge is 2.20. The Morgan fingerprint density at radius 2 is 2.11 bits per heavy atom. The molecule has 0 aliphatic carbocycles. The van der Waals surface area contributed by atoms with Crippen LogP contribution in [0.15, 0.2) is 24.3 Å². The highest BCUT2D eigenvalue weighted by molar-refractivity contribution is 6.30. The van der Waals surface area contributed by atoms with E-state index in [0.29, 0.717) is 0 Å². The van der Waals surface area contributed by atoms with Crippen molar-refractivity contribution in [3.8, 4) is 0 Å². The van der Waals surface area contributed by atoms with Crippen molar-refractivity contribution in [2.75, 3.05) is 13.6 Å². The van der Waals surface area contributed by atoms with E-state index < -0.39 is 0 Å². The minimum atomic E-state index is -0.200. The van der Waals surface area contributed by atoms with Gasteiger partial charge in [0.2, 0.25) is 5.91 Å². The van der Waals surface area contributed by atoms with Crippen molar-refractivity contribution in [3.63, 3.8) is 0 Å². The predicted octanol–water partition coefficient (Wildman–Crippen LogP) is 3.25. The number of nitrogens with one attached hydrogen (secondary N) is 1. The molecule has 2 atom stereocenters. The monoisotopic (exact) mass is 282 g/mol. The zero-order valence-corrected chi connectivity index (χ0v) is 12.9. The first-order chi connectivity index (χ1) is 8.99. The number of likely N-dealkylation sites (N-methyl/N-ethyl adjacent to an activating group) is 1. The summed E-state index contributed by atoms with van der Waals surface area (Å²) in [5.41, 5.74) is 1.12. The lowest BCUT2D eigenvalue weighted by Gasteiger charge is -2.25. The summed E-state index contributed by atoms with van der Waals surface area (Å²) in [6.45, 7) is 6.69. The molecular weight excluding hydrogens is 260 g/mol. The molecule has 106 valence electrons. The normalized spacial score (nSPS) is 13.9. The summed E-state index contributed by atoms with van der Waals surface area (Å²) >= 11 is 6.01. The summed E-state index contributed by atoms with van der Waals surface area (Å²) in [5, 5.41) is 4.10. The van der Waals surface area contributed by atoms with Crippen molar-refractivity contribution in [1.29, 1.82) is 0 Å². The molecule has 0 bridgehead atoms. The molecule has 2 unspecified atom stereocenters. The van der Waals surface area contributed by atoms with Gasteiger partial charge in [-0.05, 0) is 38.0 Å². The van der Waals surface area contributed by atoms with Gasteiger partial charge >= 0.3 is 0 Å². The molecule has 0 saturated heterocycles. The second kappa shape index (κ2) is 7.51. The van der Waals surface area contributed by atoms with E-state index in [9.17, 15) is 4.79 Å². The summed E-state index contributed by atoms with van der Waals surface area (Å²) in [6.07, 6.45) is 0.911. The zero-order chi connectivity index (χ0) is 14.4. The van der Waals surface area contributed by atoms with Gasteiger partial charge in [0.15, 0.2) is 0 Å². The maximum atomic E-state index is 12.1. The summed E-state index contributed by atoms with van der Waals surface area (Å²) < 4.78 is 0. The molecule has 0 aliphatic heterocycles. The molecule has 1 amide bonds. The highest BCUT2D eigenvalue weighted by atomic mass is 35.5. The largest absolute Gasteiger partial charge is 0.345 e. The second-order valence-corrected chi connectivity index (χ2v) is 5.19. The van der Waals surface area contributed by atoms with E-state index in [2.05, 4.69) is 12.2 Å². The van der Waals surface area contributed by atoms with E-state index >= 15 is 0 Å². The molecule has 0 radical (unpaired) electrons. The quantitative estimate of drug-likeness (QED) is 0.869. The summed E-state index contributed by atoms with van der Waals surface area (Å²) in [5.74, 6) is 0.114. The van der Waals surface area contributed by atoms with Gasteiger partial charge in [0, 0.05) is 24.7 Å². The third-order valence-electron chi connectivity index (χ3n) is 3.33. The van der Waals surface area contributed by atoms with Gasteiger partial charge in [-0.25, -0.2) is 0 Å². The lowest BCUT2D eigenvalue weighted by Crippen LogP contribution is -2.44. The number of rotatable bonds is 6. The van der Waals surface area contributed by atoms with Gasteiger partial charge in [0.25, 0.3) is 0 Å². The van der Waals surface area contributed by atoms with Gasteiger partial charge in [-0.15, -0.1) is 0 Å². The van der Waals surface area contributed by atoms with Crippen molar-refractivity contribution in [2.45, 2.75) is 39.3 Å². The Kier molecular flexibility index (Phi) is 6.32. The smallest absolute Gasteiger partial charge is 0.239 e. The number of carbonyl (C=O) groups is 1. The van der Waals surface area contributed by atoms with Gasteiger partial charge in [-0.3, -0.25) is 10.1 Å². The SMILES string of the molecule is CCC(NC(C)C(=O)N(C)CC)c1cccc(Cl)c1. The molecule has 0 heterocycles. The Balaban J connectivity index is 2.74. The van der Waals surface area contributed by atoms with Crippen LogP contribution in [0.5, 0.6) is 0 Å². The second-order valence-electron chi connectivity index (χ2n) is 4.76. The maximum absolute atomic E-state index is 12.1. The number of hydrogen-bond acceptors (Lipinski definition) is 2. The molecule has 19 heavy (non-hydrogen) atoms. The molecule has 4 heteroatoms. The first-order valence-corrected chi connectivity index (χ1v) is 7.13. The molecule has 3 nitrogen and oxygen atoms in total. The molecule has 0 spiro atoms. The lowest BCUT2D eigenvalue weighted by atomic mass is 10.0. The van der Waals surface area contributed by atoms with Crippen LogP contribution in [0.25, 0.3) is 0 Å². The molecule has 1 N–H and O–H groups in total. The average Bonchev–Trinajstić information content (AvgIpc) is 2.42. The number of benzene rings is 1. The van der Waals surface area contributed by atoms with Crippen LogP contribution in [0.4, 0.5) is 0 Å². The van der Waals surface area contributed by atoms with Crippen molar-refractivity contribution in [2.24, 2.45) is 0 Å². The third kappa shape index (κ3) is 4.51. The molecule has 0 aromatic heterocycles. The average molecular weight is 283 g/mol. The standard InChI is InChI=1S/C15H23ClN2O/c1-5-14(12-8-7-9-13(16)10-12)17-11(3)15(19)18(4)6-2/h7-11,14,17H,5-6H2,1-4H3. The maximum Gasteiger partial charge on any atom is 0.239 e. The van der Waals surface area contributed by atoms with E-state index in [4.69, 9.17) is 11.6 Å². The fourth-order valence-electron chi connectivity index (χ4n) is 2.03. The van der Waals surface area contributed by atoms with E-state index in [-0.39, 0.29) is 18.0 Å². The predicted molar refractivity (Wildman–Crippen MR) is 80.4 cm³/mol. The number of nitrogens with zero attached hydrogens (tertiary/aromatic N) is 1. The lowest BCUT2D eigenvalue weighted by molar-refractivity contribution is -0.131. The molecule has 0 saturated carbocycles. The topological polar surface area (TPSA) is 32.3 Å². The minimum absolute atomic E-state index is 0.114. The third-order valence-corrected chi connectivity index (χ3v) is 3.57. The summed E-state index contributed by atoms with van der Waals surface area (Å²) in [4.78, 5) is 13.8. The number of hydrogen-bond donors (Lipinski definition) is 1. The van der Waals surface area contributed by atoms with Crippen molar-refractivity contribution in [3.05, 3.63) is 34.9 Å². The van der Waals surface area contributed by atoms with Gasteiger partial charge in [-0.1, -0.05) is 30.7 Å². The van der Waals surface area contributed by atoms with E-state index in [1.54, 1.807) is 4.90 Å². The van der Waals surface area contributed by atoms with Gasteiger partial charge in [-0.2, -0.15) is 0 Å². The molecule has 0 fully saturated rings. The van der Waals surface area contributed by atoms with Crippen LogP contribution in [0.1, 0.15) is 38.8 Å². The molecular formula is C15H23ClN2O. The Bertz CT molecular complexity index is 422. The van der Waals surface area contributed by atoms with Crippen LogP contribution in [0.3, 0.4) is 0 Å². The van der Waals surface area contributed by atoms with Crippen LogP contribution in [0.2, 0.25) is 5.02 Å². The van der Waals surface area contributed by atoms with Crippen LogP contribution >= 0.6 is 11.6 Å². The Morgan fingerprint density at radius 3 is 2.63 bits per heavy atom. The van der Waals surface area contributed by atoms with E-state index in [1.165, 1.54) is 0 Å². The first-order valence-electron chi connectivity index (χ1n) is 6.76. The molecule has 1 aromatic rings. The van der Waals surface area contributed by atoms with E-state index in [0.717, 1.165) is 23.6 Å². The number of carbonyl (C=O) groups excluding carboxylic acids is 1. The molecule has 1 rings (SSSR count). The number of amides is 1. The van der Waals surface area contributed by atoms with Crippen LogP contribution in [0, 0.1) is 0 Å². The zero-order valence-electron chi connectivity index (χ0n) is 12.1. The Labute approximate surface area is 120 Å². The fourth-order valence-corrected chi connectivity index (χ4v) is 2.23. The van der Waals surface area contributed by atoms with Crippen LogP contribution in [-0.4, -0.2) is 30.4 Å². The van der Waals surface area contributed by atoms with Gasteiger partial charge in [0.1, 0.15) is 0 Å². The van der Waals surface area contributed by atoms with Crippen LogP contribution in [-0.2, 0) is 4.79 Å². The summed E-state index contributed by atoms with van der Waals surface area (Å²) in [7, 11) is 1.82. The first kappa shape index (κ1) is 16.0. The fraction of sp³-hybridized carbons (Fsp3) is 0.533. The van der Waals surface area contributed by atoms with Gasteiger partial charge < -0.3 is 4.90 Å². The Hall–Kier alpha value is -1.06. The van der Waals surface area contributed by atoms with E-state index in [1.807, 2.05) is 45.2 Å². The molecule has 1 aromatic carbocycles. The number of halogens is 1. The highest BCUT2D eigenvalue weighted by Crippen LogP contribution is 2.21. The summed E-state index contributed by atoms with van der Waals surface area (Å²) in [6, 6.07) is 7.72. The van der Waals surface area contributed by atoms with Crippen molar-refractivity contribution >= 4 is 17.5 Å². The van der Waals surface area contributed by atoms with Crippen molar-refractivity contribution < 1.29 is 4.79 Å². The minimum Gasteiger partial charge on any atom is -0.345 e. The van der Waals surface area contributed by atoms with Crippen molar-refractivity contribution in [1.82, 2.24) is 10.2 Å².